The van der Waals surface area contributed by atoms with Crippen LogP contribution in [-0.4, -0.2) is 34.0 Å². The maximum Gasteiger partial charge on any atom is 0.241 e. The molecule has 0 saturated heterocycles. The highest BCUT2D eigenvalue weighted by Gasteiger charge is 2.13. The third-order valence-corrected chi connectivity index (χ3v) is 4.08. The molecule has 0 bridgehead atoms. The van der Waals surface area contributed by atoms with Gasteiger partial charge < -0.3 is 10.6 Å². The van der Waals surface area contributed by atoms with E-state index in [-0.39, 0.29) is 16.8 Å². The van der Waals surface area contributed by atoms with Crippen molar-refractivity contribution in [2.45, 2.75) is 24.8 Å². The average molecular weight is 285 g/mol. The number of carbonyl (C=O) groups excluding carboxylic acids is 1. The molecule has 6 nitrogen and oxygen atoms in total. The van der Waals surface area contributed by atoms with Gasteiger partial charge in [-0.25, -0.2) is 13.1 Å². The van der Waals surface area contributed by atoms with E-state index in [1.54, 1.807) is 33.0 Å². The number of nitrogens with one attached hydrogen (secondary N) is 3. The predicted octanol–water partition coefficient (Wildman–Crippen LogP) is 0.531. The molecule has 19 heavy (non-hydrogen) atoms. The summed E-state index contributed by atoms with van der Waals surface area (Å²) in [6.07, 6.45) is 0. The molecular formula is C12H19N3O3S. The maximum absolute atomic E-state index is 11.7. The highest BCUT2D eigenvalue weighted by molar-refractivity contribution is 7.89. The van der Waals surface area contributed by atoms with Gasteiger partial charge in [-0.2, -0.15) is 0 Å². The largest absolute Gasteiger partial charge is 0.374 e. The number of hydrogen-bond acceptors (Lipinski definition) is 4. The van der Waals surface area contributed by atoms with Crippen LogP contribution in [-0.2, 0) is 14.8 Å². The van der Waals surface area contributed by atoms with Gasteiger partial charge in [0.15, 0.2) is 0 Å². The standard InChI is InChI=1S/C12H19N3O3S/c1-4-14-19(17,18)11-7-5-10(6-8-11)15-9(2)12(16)13-3/h5-9,14-15H,4H2,1-3H3,(H,13,16). The van der Waals surface area contributed by atoms with Crippen molar-refractivity contribution in [1.29, 1.82) is 0 Å². The Morgan fingerprint density at radius 2 is 1.84 bits per heavy atom. The lowest BCUT2D eigenvalue weighted by atomic mass is 10.2. The van der Waals surface area contributed by atoms with Crippen molar-refractivity contribution >= 4 is 21.6 Å². The fraction of sp³-hybridized carbons (Fsp3) is 0.417. The van der Waals surface area contributed by atoms with Gasteiger partial charge in [-0.15, -0.1) is 0 Å². The van der Waals surface area contributed by atoms with Gasteiger partial charge in [0.2, 0.25) is 15.9 Å². The Bertz CT molecular complexity index is 526. The monoisotopic (exact) mass is 285 g/mol. The van der Waals surface area contributed by atoms with Gasteiger partial charge in [0.1, 0.15) is 6.04 Å². The predicted molar refractivity (Wildman–Crippen MR) is 74.5 cm³/mol. The summed E-state index contributed by atoms with van der Waals surface area (Å²) in [5.41, 5.74) is 0.687. The molecule has 0 spiro atoms. The second-order valence-corrected chi connectivity index (χ2v) is 5.77. The lowest BCUT2D eigenvalue weighted by Crippen LogP contribution is -2.35. The average Bonchev–Trinajstić information content (AvgIpc) is 2.38. The molecule has 0 aromatic heterocycles. The zero-order chi connectivity index (χ0) is 14.5. The van der Waals surface area contributed by atoms with E-state index in [0.29, 0.717) is 12.2 Å². The quantitative estimate of drug-likeness (QED) is 0.711. The van der Waals surface area contributed by atoms with E-state index in [9.17, 15) is 13.2 Å². The van der Waals surface area contributed by atoms with Crippen LogP contribution in [0.1, 0.15) is 13.8 Å². The Morgan fingerprint density at radius 1 is 1.26 bits per heavy atom. The summed E-state index contributed by atoms with van der Waals surface area (Å²) in [6, 6.07) is 5.86. The first-order chi connectivity index (χ1) is 8.90. The van der Waals surface area contributed by atoms with Crippen molar-refractivity contribution in [2.75, 3.05) is 18.9 Å². The molecular weight excluding hydrogens is 266 g/mol. The Balaban J connectivity index is 2.80. The van der Waals surface area contributed by atoms with Gasteiger partial charge in [-0.3, -0.25) is 4.79 Å². The first-order valence-corrected chi connectivity index (χ1v) is 7.47. The van der Waals surface area contributed by atoms with E-state index in [4.69, 9.17) is 0 Å². The summed E-state index contributed by atoms with van der Waals surface area (Å²) in [6.45, 7) is 3.79. The second-order valence-electron chi connectivity index (χ2n) is 4.01. The minimum absolute atomic E-state index is 0.135. The van der Waals surface area contributed by atoms with Crippen LogP contribution in [0.4, 0.5) is 5.69 Å². The molecule has 0 aliphatic rings. The Morgan fingerprint density at radius 3 is 2.32 bits per heavy atom. The van der Waals surface area contributed by atoms with Gasteiger partial charge >= 0.3 is 0 Å². The maximum atomic E-state index is 11.7. The minimum Gasteiger partial charge on any atom is -0.374 e. The van der Waals surface area contributed by atoms with Crippen LogP contribution >= 0.6 is 0 Å². The van der Waals surface area contributed by atoms with Crippen LogP contribution in [0.2, 0.25) is 0 Å². The SMILES string of the molecule is CCNS(=O)(=O)c1ccc(NC(C)C(=O)NC)cc1. The van der Waals surface area contributed by atoms with Gasteiger partial charge in [0.25, 0.3) is 0 Å². The van der Waals surface area contributed by atoms with Crippen molar-refractivity contribution in [2.24, 2.45) is 0 Å². The highest BCUT2D eigenvalue weighted by atomic mass is 32.2. The Kier molecular flexibility index (Phi) is 5.31. The van der Waals surface area contributed by atoms with E-state index >= 15 is 0 Å². The number of anilines is 1. The number of rotatable bonds is 6. The van der Waals surface area contributed by atoms with E-state index in [0.717, 1.165) is 0 Å². The molecule has 7 heteroatoms. The van der Waals surface area contributed by atoms with Gasteiger partial charge in [-0.1, -0.05) is 6.92 Å². The molecule has 1 amide bonds. The van der Waals surface area contributed by atoms with Crippen molar-refractivity contribution in [3.63, 3.8) is 0 Å². The number of carbonyl (C=O) groups is 1. The molecule has 1 rings (SSSR count). The van der Waals surface area contributed by atoms with Crippen LogP contribution in [0, 0.1) is 0 Å². The van der Waals surface area contributed by atoms with E-state index in [1.807, 2.05) is 0 Å². The number of likely N-dealkylation sites (N-methyl/N-ethyl adjacent to an activating group) is 1. The Labute approximate surface area is 113 Å². The highest BCUT2D eigenvalue weighted by Crippen LogP contribution is 2.14. The molecule has 3 N–H and O–H groups in total. The third kappa shape index (κ3) is 4.22. The summed E-state index contributed by atoms with van der Waals surface area (Å²) in [5.74, 6) is -0.135. The molecule has 0 aliphatic carbocycles. The summed E-state index contributed by atoms with van der Waals surface area (Å²) in [4.78, 5) is 11.5. The molecule has 1 aromatic rings. The summed E-state index contributed by atoms with van der Waals surface area (Å²) in [7, 11) is -1.87. The van der Waals surface area contributed by atoms with Crippen molar-refractivity contribution in [3.05, 3.63) is 24.3 Å². The number of benzene rings is 1. The molecule has 1 atom stereocenters. The smallest absolute Gasteiger partial charge is 0.241 e. The van der Waals surface area contributed by atoms with Crippen LogP contribution < -0.4 is 15.4 Å². The molecule has 0 aliphatic heterocycles. The van der Waals surface area contributed by atoms with Crippen LogP contribution in [0.5, 0.6) is 0 Å². The Hall–Kier alpha value is -1.60. The van der Waals surface area contributed by atoms with Crippen molar-refractivity contribution in [1.82, 2.24) is 10.0 Å². The topological polar surface area (TPSA) is 87.3 Å². The van der Waals surface area contributed by atoms with Crippen molar-refractivity contribution < 1.29 is 13.2 Å². The minimum atomic E-state index is -3.43. The lowest BCUT2D eigenvalue weighted by Gasteiger charge is -2.14. The molecule has 1 unspecified atom stereocenters. The molecule has 0 radical (unpaired) electrons. The summed E-state index contributed by atoms with van der Waals surface area (Å²) < 4.78 is 25.9. The van der Waals surface area contributed by atoms with E-state index in [1.165, 1.54) is 12.1 Å². The fourth-order valence-electron chi connectivity index (χ4n) is 1.54. The molecule has 106 valence electrons. The number of amides is 1. The van der Waals surface area contributed by atoms with Crippen molar-refractivity contribution in [3.8, 4) is 0 Å². The third-order valence-electron chi connectivity index (χ3n) is 2.52. The van der Waals surface area contributed by atoms with Crippen LogP contribution in [0.25, 0.3) is 0 Å². The number of sulfonamides is 1. The zero-order valence-corrected chi connectivity index (χ0v) is 12.0. The fourth-order valence-corrected chi connectivity index (χ4v) is 2.58. The molecule has 0 fully saturated rings. The summed E-state index contributed by atoms with van der Waals surface area (Å²) in [5, 5.41) is 5.51. The normalized spacial score (nSPS) is 12.8. The molecule has 1 aromatic carbocycles. The van der Waals surface area contributed by atoms with E-state index < -0.39 is 10.0 Å². The lowest BCUT2D eigenvalue weighted by molar-refractivity contribution is -0.121. The number of hydrogen-bond donors (Lipinski definition) is 3. The first kappa shape index (κ1) is 15.5. The van der Waals surface area contributed by atoms with Crippen LogP contribution in [0.3, 0.4) is 0 Å². The van der Waals surface area contributed by atoms with E-state index in [2.05, 4.69) is 15.4 Å². The zero-order valence-electron chi connectivity index (χ0n) is 11.2. The van der Waals surface area contributed by atoms with Crippen LogP contribution in [0.15, 0.2) is 29.2 Å². The second kappa shape index (κ2) is 6.53. The molecule has 0 heterocycles. The van der Waals surface area contributed by atoms with Gasteiger partial charge in [0.05, 0.1) is 4.90 Å². The summed E-state index contributed by atoms with van der Waals surface area (Å²) >= 11 is 0. The first-order valence-electron chi connectivity index (χ1n) is 5.98. The van der Waals surface area contributed by atoms with Gasteiger partial charge in [0, 0.05) is 19.3 Å². The molecule has 0 saturated carbocycles. The van der Waals surface area contributed by atoms with Gasteiger partial charge in [-0.05, 0) is 31.2 Å².